The Labute approximate surface area is 141 Å². The van der Waals surface area contributed by atoms with Gasteiger partial charge in [0.2, 0.25) is 5.91 Å². The molecule has 1 N–H and O–H groups in total. The zero-order valence-corrected chi connectivity index (χ0v) is 14.5. The highest BCUT2D eigenvalue weighted by molar-refractivity contribution is 7.91. The number of rotatable bonds is 5. The van der Waals surface area contributed by atoms with Crippen LogP contribution in [0, 0.1) is 13.8 Å². The van der Waals surface area contributed by atoms with Gasteiger partial charge in [0.15, 0.2) is 9.84 Å². The van der Waals surface area contributed by atoms with Crippen molar-refractivity contribution in [2.45, 2.75) is 19.6 Å². The minimum absolute atomic E-state index is 0.190. The molecule has 2 aromatic rings. The second-order valence-corrected chi connectivity index (χ2v) is 8.03. The van der Waals surface area contributed by atoms with E-state index in [1.165, 1.54) is 0 Å². The third-order valence-corrected chi connectivity index (χ3v) is 5.03. The highest BCUT2D eigenvalue weighted by Gasteiger charge is 2.18. The maximum atomic E-state index is 12.1. The van der Waals surface area contributed by atoms with E-state index in [0.717, 1.165) is 11.1 Å². The van der Waals surface area contributed by atoms with Crippen molar-refractivity contribution in [2.75, 3.05) is 11.1 Å². The van der Waals surface area contributed by atoms with Gasteiger partial charge in [0.1, 0.15) is 5.75 Å². The lowest BCUT2D eigenvalue weighted by atomic mass is 10.1. The summed E-state index contributed by atoms with van der Waals surface area (Å²) in [6.45, 7) is 3.82. The molecule has 6 heteroatoms. The summed E-state index contributed by atoms with van der Waals surface area (Å²) in [6.07, 6.45) is 0. The van der Waals surface area contributed by atoms with Crippen LogP contribution in [0.2, 0.25) is 5.02 Å². The van der Waals surface area contributed by atoms with E-state index in [4.69, 9.17) is 11.6 Å². The first kappa shape index (κ1) is 17.5. The van der Waals surface area contributed by atoms with Crippen LogP contribution in [0.15, 0.2) is 42.5 Å². The fourth-order valence-electron chi connectivity index (χ4n) is 2.23. The summed E-state index contributed by atoms with van der Waals surface area (Å²) in [6, 6.07) is 12.1. The number of carbonyl (C=O) groups excluding carboxylic acids is 1. The second-order valence-electron chi connectivity index (χ2n) is 5.53. The van der Waals surface area contributed by atoms with Crippen LogP contribution < -0.4 is 5.32 Å². The number of hydrogen-bond acceptors (Lipinski definition) is 3. The van der Waals surface area contributed by atoms with Crippen molar-refractivity contribution >= 4 is 33.0 Å². The maximum absolute atomic E-state index is 12.1. The minimum atomic E-state index is -3.54. The standard InChI is InChI=1S/C17H18ClNO3S/c1-12-3-8-16(13(2)9-12)19-17(20)11-23(21,22)10-14-4-6-15(18)7-5-14/h3-9H,10-11H2,1-2H3,(H,19,20). The average molecular weight is 352 g/mol. The van der Waals surface area contributed by atoms with Gasteiger partial charge in [0, 0.05) is 10.7 Å². The summed E-state index contributed by atoms with van der Waals surface area (Å²) in [5.41, 5.74) is 3.21. The number of benzene rings is 2. The number of carbonyl (C=O) groups is 1. The predicted octanol–water partition coefficient (Wildman–Crippen LogP) is 3.51. The van der Waals surface area contributed by atoms with Gasteiger partial charge in [-0.05, 0) is 43.2 Å². The van der Waals surface area contributed by atoms with Crippen LogP contribution in [0.3, 0.4) is 0 Å². The van der Waals surface area contributed by atoms with Crippen LogP contribution in [0.25, 0.3) is 0 Å². The molecule has 1 amide bonds. The smallest absolute Gasteiger partial charge is 0.239 e. The number of sulfone groups is 1. The fraction of sp³-hybridized carbons (Fsp3) is 0.235. The molecule has 0 saturated heterocycles. The lowest BCUT2D eigenvalue weighted by Gasteiger charge is -2.10. The summed E-state index contributed by atoms with van der Waals surface area (Å²) in [5, 5.41) is 3.19. The molecule has 0 atom stereocenters. The van der Waals surface area contributed by atoms with E-state index >= 15 is 0 Å². The molecule has 0 aliphatic rings. The van der Waals surface area contributed by atoms with Crippen LogP contribution in [0.4, 0.5) is 5.69 Å². The monoisotopic (exact) mass is 351 g/mol. The molecular formula is C17H18ClNO3S. The van der Waals surface area contributed by atoms with Crippen LogP contribution in [0.1, 0.15) is 16.7 Å². The molecule has 0 aromatic heterocycles. The lowest BCUT2D eigenvalue weighted by molar-refractivity contribution is -0.113. The molecule has 0 heterocycles. The van der Waals surface area contributed by atoms with Gasteiger partial charge >= 0.3 is 0 Å². The molecule has 23 heavy (non-hydrogen) atoms. The number of hydrogen-bond donors (Lipinski definition) is 1. The summed E-state index contributed by atoms with van der Waals surface area (Å²) in [5.74, 6) is -1.28. The molecule has 0 unspecified atom stereocenters. The zero-order chi connectivity index (χ0) is 17.0. The first-order chi connectivity index (χ1) is 10.7. The molecule has 0 spiro atoms. The van der Waals surface area contributed by atoms with E-state index in [0.29, 0.717) is 16.3 Å². The van der Waals surface area contributed by atoms with Crippen molar-refractivity contribution < 1.29 is 13.2 Å². The minimum Gasteiger partial charge on any atom is -0.325 e. The Morgan fingerprint density at radius 2 is 1.74 bits per heavy atom. The van der Waals surface area contributed by atoms with E-state index in [1.807, 2.05) is 26.0 Å². The zero-order valence-electron chi connectivity index (χ0n) is 13.0. The number of nitrogens with one attached hydrogen (secondary N) is 1. The van der Waals surface area contributed by atoms with Gasteiger partial charge in [-0.1, -0.05) is 41.4 Å². The molecule has 0 radical (unpaired) electrons. The highest BCUT2D eigenvalue weighted by Crippen LogP contribution is 2.17. The Hall–Kier alpha value is -1.85. The van der Waals surface area contributed by atoms with E-state index < -0.39 is 21.5 Å². The Morgan fingerprint density at radius 1 is 1.09 bits per heavy atom. The third kappa shape index (κ3) is 5.37. The summed E-state index contributed by atoms with van der Waals surface area (Å²) >= 11 is 5.77. The SMILES string of the molecule is Cc1ccc(NC(=O)CS(=O)(=O)Cc2ccc(Cl)cc2)c(C)c1. The normalized spacial score (nSPS) is 11.3. The van der Waals surface area contributed by atoms with Crippen LogP contribution in [-0.4, -0.2) is 20.1 Å². The van der Waals surface area contributed by atoms with Crippen molar-refractivity contribution in [2.24, 2.45) is 0 Å². The van der Waals surface area contributed by atoms with Crippen LogP contribution >= 0.6 is 11.6 Å². The number of aryl methyl sites for hydroxylation is 2. The Bertz CT molecular complexity index is 814. The van der Waals surface area contributed by atoms with E-state index in [2.05, 4.69) is 5.32 Å². The third-order valence-electron chi connectivity index (χ3n) is 3.31. The van der Waals surface area contributed by atoms with Gasteiger partial charge in [-0.2, -0.15) is 0 Å². The lowest BCUT2D eigenvalue weighted by Crippen LogP contribution is -2.24. The number of amides is 1. The van der Waals surface area contributed by atoms with E-state index in [1.54, 1.807) is 30.3 Å². The van der Waals surface area contributed by atoms with E-state index in [-0.39, 0.29) is 5.75 Å². The van der Waals surface area contributed by atoms with Crippen molar-refractivity contribution in [3.8, 4) is 0 Å². The molecule has 4 nitrogen and oxygen atoms in total. The Balaban J connectivity index is 2.02. The summed E-state index contributed by atoms with van der Waals surface area (Å²) < 4.78 is 24.3. The van der Waals surface area contributed by atoms with E-state index in [9.17, 15) is 13.2 Å². The Kier molecular flexibility index (Phi) is 5.44. The maximum Gasteiger partial charge on any atom is 0.239 e. The average Bonchev–Trinajstić information content (AvgIpc) is 2.43. The first-order valence-electron chi connectivity index (χ1n) is 7.07. The van der Waals surface area contributed by atoms with Crippen molar-refractivity contribution in [1.82, 2.24) is 0 Å². The molecule has 0 saturated carbocycles. The molecule has 2 rings (SSSR count). The Morgan fingerprint density at radius 3 is 2.35 bits per heavy atom. The first-order valence-corrected chi connectivity index (χ1v) is 9.27. The molecule has 0 bridgehead atoms. The molecule has 2 aromatic carbocycles. The molecule has 122 valence electrons. The molecule has 0 aliphatic heterocycles. The quantitative estimate of drug-likeness (QED) is 0.896. The topological polar surface area (TPSA) is 63.2 Å². The second kappa shape index (κ2) is 7.15. The van der Waals surface area contributed by atoms with Gasteiger partial charge in [-0.3, -0.25) is 4.79 Å². The number of halogens is 1. The van der Waals surface area contributed by atoms with Gasteiger partial charge in [-0.15, -0.1) is 0 Å². The summed E-state index contributed by atoms with van der Waals surface area (Å²) in [4.78, 5) is 12.0. The predicted molar refractivity (Wildman–Crippen MR) is 93.5 cm³/mol. The molecule has 0 aliphatic carbocycles. The number of anilines is 1. The van der Waals surface area contributed by atoms with Crippen LogP contribution in [0.5, 0.6) is 0 Å². The van der Waals surface area contributed by atoms with Gasteiger partial charge in [0.05, 0.1) is 5.75 Å². The van der Waals surface area contributed by atoms with Gasteiger partial charge in [0.25, 0.3) is 0 Å². The van der Waals surface area contributed by atoms with Crippen LogP contribution in [-0.2, 0) is 20.4 Å². The largest absolute Gasteiger partial charge is 0.325 e. The molecular weight excluding hydrogens is 334 g/mol. The van der Waals surface area contributed by atoms with Gasteiger partial charge < -0.3 is 5.32 Å². The summed E-state index contributed by atoms with van der Waals surface area (Å²) in [7, 11) is -3.54. The van der Waals surface area contributed by atoms with Gasteiger partial charge in [-0.25, -0.2) is 8.42 Å². The van der Waals surface area contributed by atoms with Crippen molar-refractivity contribution in [3.05, 3.63) is 64.2 Å². The fourth-order valence-corrected chi connectivity index (χ4v) is 3.63. The van der Waals surface area contributed by atoms with Crippen molar-refractivity contribution in [1.29, 1.82) is 0 Å². The van der Waals surface area contributed by atoms with Crippen molar-refractivity contribution in [3.63, 3.8) is 0 Å². The molecule has 0 fully saturated rings. The highest BCUT2D eigenvalue weighted by atomic mass is 35.5.